The Bertz CT molecular complexity index is 456. The summed E-state index contributed by atoms with van der Waals surface area (Å²) in [5.74, 6) is 0. The summed E-state index contributed by atoms with van der Waals surface area (Å²) < 4.78 is 8.35. The van der Waals surface area contributed by atoms with Crippen LogP contribution in [0, 0.1) is 0 Å². The van der Waals surface area contributed by atoms with Crippen molar-refractivity contribution >= 4 is 15.9 Å². The molecule has 0 fully saturated rings. The Morgan fingerprint density at radius 3 is 2.78 bits per heavy atom. The van der Waals surface area contributed by atoms with Crippen LogP contribution in [0.25, 0.3) is 0 Å². The Morgan fingerprint density at radius 1 is 1.33 bits per heavy atom. The van der Waals surface area contributed by atoms with Gasteiger partial charge in [0, 0.05) is 16.9 Å². The summed E-state index contributed by atoms with van der Waals surface area (Å²) in [6.45, 7) is 1.32. The summed E-state index contributed by atoms with van der Waals surface area (Å²) >= 11 is 3.38. The molecule has 0 amide bonds. The molecule has 0 radical (unpaired) electrons. The normalized spacial score (nSPS) is 12.6. The minimum atomic E-state index is -0.519. The molecule has 0 saturated heterocycles. The molecule has 1 aromatic carbocycles. The van der Waals surface area contributed by atoms with E-state index in [-0.39, 0.29) is 0 Å². The zero-order valence-corrected chi connectivity index (χ0v) is 11.5. The van der Waals surface area contributed by atoms with Crippen LogP contribution in [0.2, 0.25) is 0 Å². The summed E-state index contributed by atoms with van der Waals surface area (Å²) in [4.78, 5) is 3.92. The van der Waals surface area contributed by atoms with Crippen molar-refractivity contribution in [2.24, 2.45) is 0 Å². The van der Waals surface area contributed by atoms with Crippen LogP contribution in [0.4, 0.5) is 0 Å². The van der Waals surface area contributed by atoms with Crippen molar-refractivity contribution in [1.82, 2.24) is 9.55 Å². The summed E-state index contributed by atoms with van der Waals surface area (Å²) in [7, 11) is 0. The lowest BCUT2D eigenvalue weighted by Crippen LogP contribution is -2.21. The highest BCUT2D eigenvalue weighted by Gasteiger charge is 2.05. The molecular weight excluding hydrogens is 296 g/mol. The van der Waals surface area contributed by atoms with E-state index < -0.39 is 6.10 Å². The fourth-order valence-electron chi connectivity index (χ4n) is 1.58. The Kier molecular flexibility index (Phi) is 4.92. The van der Waals surface area contributed by atoms with Crippen LogP contribution >= 0.6 is 15.9 Å². The third-order valence-corrected chi connectivity index (χ3v) is 3.00. The highest BCUT2D eigenvalue weighted by Crippen LogP contribution is 2.11. The van der Waals surface area contributed by atoms with E-state index in [1.54, 1.807) is 12.5 Å². The summed E-state index contributed by atoms with van der Waals surface area (Å²) in [6, 6.07) is 7.93. The van der Waals surface area contributed by atoms with Gasteiger partial charge in [0.2, 0.25) is 0 Å². The molecule has 18 heavy (non-hydrogen) atoms. The number of nitrogens with zero attached hydrogens (tertiary/aromatic N) is 2. The fraction of sp³-hybridized carbons (Fsp3) is 0.308. The fourth-order valence-corrected chi connectivity index (χ4v) is 1.85. The van der Waals surface area contributed by atoms with E-state index in [0.29, 0.717) is 19.8 Å². The molecule has 0 bridgehead atoms. The van der Waals surface area contributed by atoms with Gasteiger partial charge in [0.05, 0.1) is 32.2 Å². The van der Waals surface area contributed by atoms with Crippen LogP contribution in [0.15, 0.2) is 47.5 Å². The number of aliphatic hydroxyl groups excluding tert-OH is 1. The Hall–Kier alpha value is -1.17. The predicted molar refractivity (Wildman–Crippen MR) is 72.0 cm³/mol. The van der Waals surface area contributed by atoms with Gasteiger partial charge in [-0.25, -0.2) is 4.98 Å². The second-order valence-electron chi connectivity index (χ2n) is 4.05. The molecule has 5 heteroatoms. The van der Waals surface area contributed by atoms with Crippen molar-refractivity contribution in [1.29, 1.82) is 0 Å². The van der Waals surface area contributed by atoms with Gasteiger partial charge in [-0.15, -0.1) is 0 Å². The molecule has 0 saturated carbocycles. The van der Waals surface area contributed by atoms with Crippen LogP contribution in [-0.4, -0.2) is 27.4 Å². The van der Waals surface area contributed by atoms with Crippen molar-refractivity contribution in [3.8, 4) is 0 Å². The van der Waals surface area contributed by atoms with Crippen molar-refractivity contribution in [2.75, 3.05) is 6.61 Å². The second kappa shape index (κ2) is 6.68. The van der Waals surface area contributed by atoms with Gasteiger partial charge >= 0.3 is 0 Å². The zero-order valence-electron chi connectivity index (χ0n) is 9.87. The maximum Gasteiger partial charge on any atom is 0.0952 e. The van der Waals surface area contributed by atoms with Gasteiger partial charge in [0.25, 0.3) is 0 Å². The van der Waals surface area contributed by atoms with Crippen molar-refractivity contribution in [3.05, 3.63) is 53.0 Å². The standard InChI is InChI=1S/C13H15BrN2O2/c14-12-3-1-11(2-4-12)8-18-9-13(17)7-16-6-5-15-10-16/h1-6,10,13,17H,7-9H2. The van der Waals surface area contributed by atoms with Crippen LogP contribution in [0.3, 0.4) is 0 Å². The molecule has 2 aromatic rings. The molecule has 0 aliphatic carbocycles. The highest BCUT2D eigenvalue weighted by molar-refractivity contribution is 9.10. The van der Waals surface area contributed by atoms with E-state index in [1.807, 2.05) is 35.0 Å². The first-order valence-electron chi connectivity index (χ1n) is 5.70. The molecule has 0 aliphatic heterocycles. The molecule has 0 spiro atoms. The summed E-state index contributed by atoms with van der Waals surface area (Å²) in [5, 5.41) is 9.76. The molecular formula is C13H15BrN2O2. The molecule has 2 rings (SSSR count). The molecule has 96 valence electrons. The topological polar surface area (TPSA) is 47.3 Å². The van der Waals surface area contributed by atoms with Gasteiger partial charge in [0.1, 0.15) is 0 Å². The van der Waals surface area contributed by atoms with Gasteiger partial charge in [-0.2, -0.15) is 0 Å². The molecule has 1 unspecified atom stereocenters. The average Bonchev–Trinajstić information content (AvgIpc) is 2.84. The lowest BCUT2D eigenvalue weighted by molar-refractivity contribution is 0.0203. The number of ether oxygens (including phenoxy) is 1. The Balaban J connectivity index is 1.70. The number of halogens is 1. The number of aromatic nitrogens is 2. The van der Waals surface area contributed by atoms with E-state index in [1.165, 1.54) is 0 Å². The monoisotopic (exact) mass is 310 g/mol. The van der Waals surface area contributed by atoms with Crippen LogP contribution in [-0.2, 0) is 17.9 Å². The molecule has 1 heterocycles. The lowest BCUT2D eigenvalue weighted by atomic mass is 10.2. The smallest absolute Gasteiger partial charge is 0.0952 e. The minimum Gasteiger partial charge on any atom is -0.389 e. The first kappa shape index (κ1) is 13.3. The number of benzene rings is 1. The number of hydrogen-bond donors (Lipinski definition) is 1. The SMILES string of the molecule is OC(COCc1ccc(Br)cc1)Cn1ccnc1. The lowest BCUT2D eigenvalue weighted by Gasteiger charge is -2.11. The Morgan fingerprint density at radius 2 is 2.11 bits per heavy atom. The third kappa shape index (κ3) is 4.25. The Labute approximate surface area is 114 Å². The number of rotatable bonds is 6. The van der Waals surface area contributed by atoms with Gasteiger partial charge in [-0.1, -0.05) is 28.1 Å². The molecule has 1 N–H and O–H groups in total. The molecule has 4 nitrogen and oxygen atoms in total. The number of hydrogen-bond acceptors (Lipinski definition) is 3. The largest absolute Gasteiger partial charge is 0.389 e. The number of aliphatic hydroxyl groups is 1. The van der Waals surface area contributed by atoms with Crippen molar-refractivity contribution in [3.63, 3.8) is 0 Å². The molecule has 1 aromatic heterocycles. The molecule has 1 atom stereocenters. The minimum absolute atomic E-state index is 0.314. The molecule has 0 aliphatic rings. The zero-order chi connectivity index (χ0) is 12.8. The highest BCUT2D eigenvalue weighted by atomic mass is 79.9. The van der Waals surface area contributed by atoms with E-state index in [0.717, 1.165) is 10.0 Å². The maximum atomic E-state index is 9.76. The van der Waals surface area contributed by atoms with Gasteiger partial charge in [-0.3, -0.25) is 0 Å². The summed E-state index contributed by atoms with van der Waals surface area (Å²) in [5.41, 5.74) is 1.09. The van der Waals surface area contributed by atoms with Crippen LogP contribution in [0.1, 0.15) is 5.56 Å². The van der Waals surface area contributed by atoms with Crippen molar-refractivity contribution in [2.45, 2.75) is 19.3 Å². The van der Waals surface area contributed by atoms with Crippen LogP contribution in [0.5, 0.6) is 0 Å². The first-order chi connectivity index (χ1) is 8.74. The quantitative estimate of drug-likeness (QED) is 0.890. The second-order valence-corrected chi connectivity index (χ2v) is 4.97. The predicted octanol–water partition coefficient (Wildman–Crippen LogP) is 2.22. The summed E-state index contributed by atoms with van der Waals surface area (Å²) in [6.07, 6.45) is 4.67. The van der Waals surface area contributed by atoms with Gasteiger partial charge in [-0.05, 0) is 17.7 Å². The average molecular weight is 311 g/mol. The maximum absolute atomic E-state index is 9.76. The van der Waals surface area contributed by atoms with E-state index in [4.69, 9.17) is 4.74 Å². The number of imidazole rings is 1. The van der Waals surface area contributed by atoms with E-state index in [2.05, 4.69) is 20.9 Å². The first-order valence-corrected chi connectivity index (χ1v) is 6.49. The van der Waals surface area contributed by atoms with Crippen LogP contribution < -0.4 is 0 Å². The van der Waals surface area contributed by atoms with E-state index in [9.17, 15) is 5.11 Å². The van der Waals surface area contributed by atoms with Crippen molar-refractivity contribution < 1.29 is 9.84 Å². The van der Waals surface area contributed by atoms with Gasteiger partial charge < -0.3 is 14.4 Å². The third-order valence-electron chi connectivity index (χ3n) is 2.47. The van der Waals surface area contributed by atoms with Gasteiger partial charge in [0.15, 0.2) is 0 Å². The van der Waals surface area contributed by atoms with E-state index >= 15 is 0 Å².